The van der Waals surface area contributed by atoms with Gasteiger partial charge >= 0.3 is 0 Å². The van der Waals surface area contributed by atoms with Crippen LogP contribution in [-0.4, -0.2) is 0 Å². The molecule has 0 radical (unpaired) electrons. The van der Waals surface area contributed by atoms with E-state index >= 15 is 0 Å². The fourth-order valence-corrected chi connectivity index (χ4v) is 2.70. The van der Waals surface area contributed by atoms with Crippen molar-refractivity contribution in [3.8, 4) is 0 Å². The molecule has 0 atom stereocenters. The van der Waals surface area contributed by atoms with E-state index in [4.69, 9.17) is 0 Å². The van der Waals surface area contributed by atoms with E-state index in [2.05, 4.69) is 50.3 Å². The summed E-state index contributed by atoms with van der Waals surface area (Å²) in [5, 5.41) is 0. The van der Waals surface area contributed by atoms with Crippen molar-refractivity contribution in [2.75, 3.05) is 0 Å². The third-order valence-corrected chi connectivity index (χ3v) is 3.84. The van der Waals surface area contributed by atoms with Crippen LogP contribution in [0, 0.1) is 0 Å². The lowest BCUT2D eigenvalue weighted by atomic mass is 10.2. The standard InChI is InChI=1S/C16H24S/c1-3-5-8-12-15(11-6-4-2)17-16-13-9-7-10-14-16/h7,9-10,12-14H,3-6,8,11H2,1-2H3/b15-12+. The van der Waals surface area contributed by atoms with Crippen molar-refractivity contribution in [3.05, 3.63) is 41.3 Å². The van der Waals surface area contributed by atoms with Gasteiger partial charge in [-0.25, -0.2) is 0 Å². The summed E-state index contributed by atoms with van der Waals surface area (Å²) in [6, 6.07) is 10.7. The predicted octanol–water partition coefficient (Wildman–Crippen LogP) is 6.04. The molecule has 1 aromatic carbocycles. The van der Waals surface area contributed by atoms with Crippen LogP contribution in [0.2, 0.25) is 0 Å². The molecule has 0 unspecified atom stereocenters. The Morgan fingerprint density at radius 2 is 1.76 bits per heavy atom. The largest absolute Gasteiger partial charge is 0.0949 e. The van der Waals surface area contributed by atoms with Crippen LogP contribution >= 0.6 is 11.8 Å². The Bertz CT molecular complexity index is 314. The number of benzene rings is 1. The molecule has 1 heteroatoms. The number of unbranched alkanes of at least 4 members (excludes halogenated alkanes) is 3. The van der Waals surface area contributed by atoms with Gasteiger partial charge in [0.25, 0.3) is 0 Å². The monoisotopic (exact) mass is 248 g/mol. The van der Waals surface area contributed by atoms with Gasteiger partial charge in [0.1, 0.15) is 0 Å². The highest BCUT2D eigenvalue weighted by Gasteiger charge is 2.00. The summed E-state index contributed by atoms with van der Waals surface area (Å²) in [6.07, 6.45) is 10.1. The molecule has 1 aromatic rings. The van der Waals surface area contributed by atoms with Crippen LogP contribution in [0.25, 0.3) is 0 Å². The number of thioether (sulfide) groups is 1. The summed E-state index contributed by atoms with van der Waals surface area (Å²) in [4.78, 5) is 2.91. The quantitative estimate of drug-likeness (QED) is 0.399. The third kappa shape index (κ3) is 6.58. The number of allylic oxidation sites excluding steroid dienone is 2. The van der Waals surface area contributed by atoms with Gasteiger partial charge in [-0.15, -0.1) is 0 Å². The van der Waals surface area contributed by atoms with Crippen molar-refractivity contribution in [1.82, 2.24) is 0 Å². The van der Waals surface area contributed by atoms with Gasteiger partial charge in [-0.05, 0) is 36.3 Å². The lowest BCUT2D eigenvalue weighted by Gasteiger charge is -2.07. The fourth-order valence-electron chi connectivity index (χ4n) is 1.65. The zero-order chi connectivity index (χ0) is 12.3. The Labute approximate surface area is 111 Å². The molecule has 0 aliphatic carbocycles. The van der Waals surface area contributed by atoms with Gasteiger partial charge in [0.05, 0.1) is 0 Å². The second-order valence-corrected chi connectivity index (χ2v) is 5.53. The van der Waals surface area contributed by atoms with Crippen LogP contribution in [-0.2, 0) is 0 Å². The minimum Gasteiger partial charge on any atom is -0.0949 e. The Balaban J connectivity index is 2.53. The van der Waals surface area contributed by atoms with Gasteiger partial charge in [0.15, 0.2) is 0 Å². The van der Waals surface area contributed by atoms with Gasteiger partial charge in [0.2, 0.25) is 0 Å². The van der Waals surface area contributed by atoms with Crippen molar-refractivity contribution in [2.24, 2.45) is 0 Å². The topological polar surface area (TPSA) is 0 Å². The predicted molar refractivity (Wildman–Crippen MR) is 79.4 cm³/mol. The first-order chi connectivity index (χ1) is 8.36. The summed E-state index contributed by atoms with van der Waals surface area (Å²) in [5.41, 5.74) is 0. The molecule has 0 heterocycles. The molecule has 0 fully saturated rings. The SMILES string of the molecule is CCCC/C=C(\CCCC)Sc1ccccc1. The van der Waals surface area contributed by atoms with Gasteiger partial charge in [-0.1, -0.05) is 69.1 Å². The van der Waals surface area contributed by atoms with Crippen molar-refractivity contribution in [1.29, 1.82) is 0 Å². The molecular weight excluding hydrogens is 224 g/mol. The highest BCUT2D eigenvalue weighted by atomic mass is 32.2. The maximum atomic E-state index is 2.44. The Kier molecular flexibility index (Phi) is 7.91. The fraction of sp³-hybridized carbons (Fsp3) is 0.500. The molecule has 0 aliphatic heterocycles. The lowest BCUT2D eigenvalue weighted by molar-refractivity contribution is 0.787. The van der Waals surface area contributed by atoms with Crippen molar-refractivity contribution < 1.29 is 0 Å². The summed E-state index contributed by atoms with van der Waals surface area (Å²) in [6.45, 7) is 4.51. The van der Waals surface area contributed by atoms with Crippen molar-refractivity contribution in [2.45, 2.75) is 57.3 Å². The number of rotatable bonds is 8. The number of hydrogen-bond donors (Lipinski definition) is 0. The van der Waals surface area contributed by atoms with Crippen LogP contribution in [0.5, 0.6) is 0 Å². The average molecular weight is 248 g/mol. The first-order valence-corrected chi connectivity index (χ1v) is 7.60. The third-order valence-electron chi connectivity index (χ3n) is 2.70. The van der Waals surface area contributed by atoms with E-state index in [1.165, 1.54) is 43.4 Å². The molecule has 0 saturated carbocycles. The molecule has 0 bridgehead atoms. The summed E-state index contributed by atoms with van der Waals surface area (Å²) in [7, 11) is 0. The maximum absolute atomic E-state index is 2.44. The smallest absolute Gasteiger partial charge is 0.0118 e. The van der Waals surface area contributed by atoms with E-state index in [0.717, 1.165) is 0 Å². The molecule has 0 amide bonds. The molecule has 0 spiro atoms. The Hall–Kier alpha value is -0.690. The number of hydrogen-bond acceptors (Lipinski definition) is 1. The first kappa shape index (κ1) is 14.4. The molecule has 0 nitrogen and oxygen atoms in total. The highest BCUT2D eigenvalue weighted by molar-refractivity contribution is 8.03. The molecule has 0 N–H and O–H groups in total. The summed E-state index contributed by atoms with van der Waals surface area (Å²) >= 11 is 1.94. The van der Waals surface area contributed by atoms with Crippen LogP contribution in [0.15, 0.2) is 46.2 Å². The first-order valence-electron chi connectivity index (χ1n) is 6.78. The Morgan fingerprint density at radius 3 is 2.41 bits per heavy atom. The van der Waals surface area contributed by atoms with Crippen LogP contribution in [0.3, 0.4) is 0 Å². The van der Waals surface area contributed by atoms with Crippen LogP contribution < -0.4 is 0 Å². The van der Waals surface area contributed by atoms with Gasteiger partial charge in [-0.2, -0.15) is 0 Å². The molecule has 0 saturated heterocycles. The maximum Gasteiger partial charge on any atom is 0.0118 e. The van der Waals surface area contributed by atoms with E-state index in [1.807, 2.05) is 11.8 Å². The van der Waals surface area contributed by atoms with E-state index in [-0.39, 0.29) is 0 Å². The zero-order valence-corrected chi connectivity index (χ0v) is 11.9. The molecular formula is C16H24S. The molecule has 17 heavy (non-hydrogen) atoms. The van der Waals surface area contributed by atoms with E-state index in [1.54, 1.807) is 4.91 Å². The van der Waals surface area contributed by atoms with Gasteiger partial charge < -0.3 is 0 Å². The molecule has 0 aromatic heterocycles. The van der Waals surface area contributed by atoms with Crippen molar-refractivity contribution >= 4 is 11.8 Å². The van der Waals surface area contributed by atoms with Crippen LogP contribution in [0.4, 0.5) is 0 Å². The van der Waals surface area contributed by atoms with Crippen LogP contribution in [0.1, 0.15) is 52.4 Å². The van der Waals surface area contributed by atoms with E-state index in [0.29, 0.717) is 0 Å². The zero-order valence-electron chi connectivity index (χ0n) is 11.1. The lowest BCUT2D eigenvalue weighted by Crippen LogP contribution is -1.81. The van der Waals surface area contributed by atoms with Gasteiger partial charge in [-0.3, -0.25) is 0 Å². The van der Waals surface area contributed by atoms with Gasteiger partial charge in [0, 0.05) is 4.90 Å². The normalized spacial score (nSPS) is 11.8. The second-order valence-electron chi connectivity index (χ2n) is 4.33. The minimum atomic E-state index is 1.23. The van der Waals surface area contributed by atoms with E-state index < -0.39 is 0 Å². The molecule has 0 aliphatic rings. The van der Waals surface area contributed by atoms with E-state index in [9.17, 15) is 0 Å². The summed E-state index contributed by atoms with van der Waals surface area (Å²) < 4.78 is 0. The average Bonchev–Trinajstić information content (AvgIpc) is 2.37. The summed E-state index contributed by atoms with van der Waals surface area (Å²) in [5.74, 6) is 0. The molecule has 94 valence electrons. The second kappa shape index (κ2) is 9.35. The Morgan fingerprint density at radius 1 is 1.06 bits per heavy atom. The van der Waals surface area contributed by atoms with Crippen molar-refractivity contribution in [3.63, 3.8) is 0 Å². The molecule has 1 rings (SSSR count). The minimum absolute atomic E-state index is 1.23. The highest BCUT2D eigenvalue weighted by Crippen LogP contribution is 2.30.